The Labute approximate surface area is 174 Å². The molecule has 0 saturated heterocycles. The normalized spacial score (nSPS) is 16.4. The van der Waals surface area contributed by atoms with Crippen LogP contribution >= 0.6 is 11.3 Å². The van der Waals surface area contributed by atoms with Gasteiger partial charge in [0.2, 0.25) is 5.91 Å². The first-order valence-corrected chi connectivity index (χ1v) is 10.4. The number of fused-ring (bicyclic) bond motifs is 1. The number of nitrogens with one attached hydrogen (secondary N) is 1. The van der Waals surface area contributed by atoms with Gasteiger partial charge < -0.3 is 10.1 Å². The molecule has 1 atom stereocenters. The van der Waals surface area contributed by atoms with Crippen LogP contribution in [0.25, 0.3) is 0 Å². The van der Waals surface area contributed by atoms with Gasteiger partial charge in [-0.1, -0.05) is 12.1 Å². The lowest BCUT2D eigenvalue weighted by Gasteiger charge is -2.30. The first-order valence-electron chi connectivity index (χ1n) is 9.58. The van der Waals surface area contributed by atoms with Crippen molar-refractivity contribution in [2.75, 3.05) is 13.7 Å². The van der Waals surface area contributed by atoms with Crippen molar-refractivity contribution in [3.8, 4) is 5.75 Å². The highest BCUT2D eigenvalue weighted by Crippen LogP contribution is 2.29. The van der Waals surface area contributed by atoms with Gasteiger partial charge in [-0.15, -0.1) is 11.3 Å². The molecule has 7 nitrogen and oxygen atoms in total. The SMILES string of the molecule is COc1ccc(CNC(=O)[C@H]2CN(Cc3cnc(C)s3)Cc3cn(C)nc32)cc1. The molecule has 3 heterocycles. The van der Waals surface area contributed by atoms with E-state index in [1.165, 1.54) is 4.88 Å². The van der Waals surface area contributed by atoms with Crippen molar-refractivity contribution in [2.24, 2.45) is 7.05 Å². The second kappa shape index (κ2) is 8.34. The van der Waals surface area contributed by atoms with Crippen molar-refractivity contribution in [3.05, 3.63) is 63.4 Å². The summed E-state index contributed by atoms with van der Waals surface area (Å²) in [5, 5.41) is 8.72. The van der Waals surface area contributed by atoms with Crippen molar-refractivity contribution in [2.45, 2.75) is 32.5 Å². The minimum atomic E-state index is -0.285. The number of thiazole rings is 1. The van der Waals surface area contributed by atoms with E-state index in [1.54, 1.807) is 23.1 Å². The average Bonchev–Trinajstić information content (AvgIpc) is 3.30. The second-order valence-electron chi connectivity index (χ2n) is 7.35. The first-order chi connectivity index (χ1) is 14.0. The molecule has 1 N–H and O–H groups in total. The number of ether oxygens (including phenoxy) is 1. The summed E-state index contributed by atoms with van der Waals surface area (Å²) in [6.45, 7) is 4.73. The molecule has 1 aromatic carbocycles. The molecule has 3 aromatic rings. The average molecular weight is 412 g/mol. The van der Waals surface area contributed by atoms with Gasteiger partial charge in [-0.3, -0.25) is 14.4 Å². The van der Waals surface area contributed by atoms with E-state index in [9.17, 15) is 4.79 Å². The van der Waals surface area contributed by atoms with Gasteiger partial charge in [0.05, 0.1) is 23.7 Å². The van der Waals surface area contributed by atoms with Gasteiger partial charge in [0.25, 0.3) is 0 Å². The molecular formula is C21H25N5O2S. The third-order valence-corrected chi connectivity index (χ3v) is 5.99. The number of hydrogen-bond acceptors (Lipinski definition) is 6. The van der Waals surface area contributed by atoms with E-state index in [0.717, 1.165) is 40.7 Å². The van der Waals surface area contributed by atoms with Gasteiger partial charge in [-0.25, -0.2) is 4.98 Å². The Bertz CT molecular complexity index is 995. The van der Waals surface area contributed by atoms with Crippen molar-refractivity contribution in [1.82, 2.24) is 25.0 Å². The largest absolute Gasteiger partial charge is 0.497 e. The summed E-state index contributed by atoms with van der Waals surface area (Å²) in [6, 6.07) is 7.73. The number of hydrogen-bond donors (Lipinski definition) is 1. The monoisotopic (exact) mass is 411 g/mol. The van der Waals surface area contributed by atoms with Crippen LogP contribution < -0.4 is 10.1 Å². The molecule has 1 aliphatic rings. The van der Waals surface area contributed by atoms with Crippen LogP contribution in [0.4, 0.5) is 0 Å². The second-order valence-corrected chi connectivity index (χ2v) is 8.67. The molecular weight excluding hydrogens is 386 g/mol. The summed E-state index contributed by atoms with van der Waals surface area (Å²) in [5.41, 5.74) is 3.04. The fraction of sp³-hybridized carbons (Fsp3) is 0.381. The van der Waals surface area contributed by atoms with E-state index >= 15 is 0 Å². The molecule has 1 aliphatic heterocycles. The van der Waals surface area contributed by atoms with E-state index in [0.29, 0.717) is 13.1 Å². The molecule has 0 saturated carbocycles. The molecule has 0 aliphatic carbocycles. The lowest BCUT2D eigenvalue weighted by atomic mass is 9.95. The van der Waals surface area contributed by atoms with E-state index in [-0.39, 0.29) is 11.8 Å². The van der Waals surface area contributed by atoms with Crippen LogP contribution in [0.1, 0.15) is 32.6 Å². The third kappa shape index (κ3) is 4.49. The molecule has 4 rings (SSSR count). The van der Waals surface area contributed by atoms with Gasteiger partial charge in [0.15, 0.2) is 0 Å². The molecule has 0 unspecified atom stereocenters. The van der Waals surface area contributed by atoms with Gasteiger partial charge in [-0.2, -0.15) is 5.10 Å². The van der Waals surface area contributed by atoms with Crippen LogP contribution in [0, 0.1) is 6.92 Å². The van der Waals surface area contributed by atoms with Crippen LogP contribution in [-0.4, -0.2) is 39.2 Å². The van der Waals surface area contributed by atoms with Gasteiger partial charge in [-0.05, 0) is 24.6 Å². The van der Waals surface area contributed by atoms with Crippen molar-refractivity contribution in [1.29, 1.82) is 0 Å². The number of aromatic nitrogens is 3. The van der Waals surface area contributed by atoms with Gasteiger partial charge in [0.1, 0.15) is 5.75 Å². The summed E-state index contributed by atoms with van der Waals surface area (Å²) < 4.78 is 6.99. The van der Waals surface area contributed by atoms with Crippen LogP contribution in [0.2, 0.25) is 0 Å². The zero-order valence-electron chi connectivity index (χ0n) is 16.9. The molecule has 0 radical (unpaired) electrons. The molecule has 8 heteroatoms. The molecule has 0 fully saturated rings. The van der Waals surface area contributed by atoms with Crippen LogP contribution in [0.5, 0.6) is 5.75 Å². The number of rotatable bonds is 6. The Balaban J connectivity index is 1.46. The lowest BCUT2D eigenvalue weighted by Crippen LogP contribution is -2.40. The number of benzene rings is 1. The minimum Gasteiger partial charge on any atom is -0.497 e. The highest BCUT2D eigenvalue weighted by Gasteiger charge is 2.33. The number of nitrogens with zero attached hydrogens (tertiary/aromatic N) is 4. The number of amides is 1. The van der Waals surface area contributed by atoms with E-state index in [1.807, 2.05) is 50.6 Å². The topological polar surface area (TPSA) is 72.3 Å². The third-order valence-electron chi connectivity index (χ3n) is 5.09. The van der Waals surface area contributed by atoms with Crippen molar-refractivity contribution >= 4 is 17.2 Å². The van der Waals surface area contributed by atoms with E-state index in [4.69, 9.17) is 4.74 Å². The molecule has 29 heavy (non-hydrogen) atoms. The molecule has 0 spiro atoms. The molecule has 1 amide bonds. The Morgan fingerprint density at radius 3 is 2.83 bits per heavy atom. The van der Waals surface area contributed by atoms with E-state index < -0.39 is 0 Å². The number of carbonyl (C=O) groups excluding carboxylic acids is 1. The fourth-order valence-electron chi connectivity index (χ4n) is 3.70. The molecule has 2 aromatic heterocycles. The maximum atomic E-state index is 13.0. The summed E-state index contributed by atoms with van der Waals surface area (Å²) >= 11 is 1.70. The Morgan fingerprint density at radius 1 is 1.34 bits per heavy atom. The van der Waals surface area contributed by atoms with Crippen LogP contribution in [-0.2, 0) is 31.5 Å². The predicted octanol–water partition coefficient (Wildman–Crippen LogP) is 2.61. The highest BCUT2D eigenvalue weighted by molar-refractivity contribution is 7.11. The maximum absolute atomic E-state index is 13.0. The Hall–Kier alpha value is -2.71. The quantitative estimate of drug-likeness (QED) is 0.675. The number of aryl methyl sites for hydroxylation is 2. The Kier molecular flexibility index (Phi) is 5.64. The van der Waals surface area contributed by atoms with Crippen LogP contribution in [0.3, 0.4) is 0 Å². The summed E-state index contributed by atoms with van der Waals surface area (Å²) in [7, 11) is 3.55. The van der Waals surface area contributed by atoms with Crippen LogP contribution in [0.15, 0.2) is 36.7 Å². The predicted molar refractivity (Wildman–Crippen MR) is 112 cm³/mol. The zero-order valence-corrected chi connectivity index (χ0v) is 17.7. The fourth-order valence-corrected chi connectivity index (χ4v) is 4.54. The number of methoxy groups -OCH3 is 1. The smallest absolute Gasteiger partial charge is 0.230 e. The lowest BCUT2D eigenvalue weighted by molar-refractivity contribution is -0.123. The minimum absolute atomic E-state index is 0.00551. The van der Waals surface area contributed by atoms with E-state index in [2.05, 4.69) is 20.3 Å². The standard InChI is InChI=1S/C21H25N5O2S/c1-14-22-9-18(29-14)12-26-11-16-10-25(2)24-20(16)19(13-26)21(27)23-8-15-4-6-17(28-3)7-5-15/h4-7,9-10,19H,8,11-13H2,1-3H3,(H,23,27)/t19-/m0/s1. The summed E-state index contributed by atoms with van der Waals surface area (Å²) in [4.78, 5) is 20.9. The van der Waals surface area contributed by atoms with Gasteiger partial charge in [0, 0.05) is 56.1 Å². The molecule has 152 valence electrons. The highest BCUT2D eigenvalue weighted by atomic mass is 32.1. The summed E-state index contributed by atoms with van der Waals surface area (Å²) in [6.07, 6.45) is 3.95. The Morgan fingerprint density at radius 2 is 2.14 bits per heavy atom. The molecule has 0 bridgehead atoms. The maximum Gasteiger partial charge on any atom is 0.230 e. The van der Waals surface area contributed by atoms with Crippen molar-refractivity contribution < 1.29 is 9.53 Å². The number of carbonyl (C=O) groups is 1. The first kappa shape index (κ1) is 19.6. The van der Waals surface area contributed by atoms with Gasteiger partial charge >= 0.3 is 0 Å². The zero-order chi connectivity index (χ0) is 20.4. The summed E-state index contributed by atoms with van der Waals surface area (Å²) in [5.74, 6) is 0.526. The van der Waals surface area contributed by atoms with Crippen molar-refractivity contribution in [3.63, 3.8) is 0 Å².